The molecular weight excluding hydrogens is 428 g/mol. The molecule has 0 bridgehead atoms. The van der Waals surface area contributed by atoms with Crippen LogP contribution >= 0.6 is 34.7 Å². The van der Waals surface area contributed by atoms with Gasteiger partial charge in [-0.1, -0.05) is 29.8 Å². The third kappa shape index (κ3) is 5.79. The number of hydrogen-bond acceptors (Lipinski definition) is 6. The normalized spacial score (nSPS) is 11.7. The van der Waals surface area contributed by atoms with E-state index in [1.165, 1.54) is 11.3 Å². The number of halogens is 1. The zero-order valence-electron chi connectivity index (χ0n) is 15.6. The summed E-state index contributed by atoms with van der Waals surface area (Å²) < 4.78 is 0. The summed E-state index contributed by atoms with van der Waals surface area (Å²) in [6, 6.07) is 11.6. The number of anilines is 1. The minimum absolute atomic E-state index is 0.318. The maximum absolute atomic E-state index is 12.8. The zero-order valence-corrected chi connectivity index (χ0v) is 18.0. The molecule has 2 heterocycles. The highest BCUT2D eigenvalue weighted by Crippen LogP contribution is 2.23. The van der Waals surface area contributed by atoms with Crippen LogP contribution < -0.4 is 10.6 Å². The molecule has 0 aliphatic carbocycles. The van der Waals surface area contributed by atoms with Gasteiger partial charge in [-0.05, 0) is 42.7 Å². The maximum atomic E-state index is 12.8. The number of carbonyl (C=O) groups is 2. The molecule has 0 spiro atoms. The minimum Gasteiger partial charge on any atom is -0.340 e. The van der Waals surface area contributed by atoms with Crippen LogP contribution in [0.4, 0.5) is 5.13 Å². The Morgan fingerprint density at radius 3 is 2.69 bits per heavy atom. The van der Waals surface area contributed by atoms with Gasteiger partial charge in [0.05, 0.1) is 16.3 Å². The summed E-state index contributed by atoms with van der Waals surface area (Å²) >= 11 is 9.01. The van der Waals surface area contributed by atoms with Crippen LogP contribution in [0.5, 0.6) is 0 Å². The van der Waals surface area contributed by atoms with Gasteiger partial charge >= 0.3 is 0 Å². The van der Waals surface area contributed by atoms with Crippen molar-refractivity contribution in [2.75, 3.05) is 17.3 Å². The number of hydrogen-bond donors (Lipinski definition) is 2. The minimum atomic E-state index is -0.701. The van der Waals surface area contributed by atoms with Crippen molar-refractivity contribution in [3.05, 3.63) is 64.6 Å². The summed E-state index contributed by atoms with van der Waals surface area (Å²) in [6.45, 7) is 0. The predicted octanol–water partition coefficient (Wildman–Crippen LogP) is 4.35. The number of thioether (sulfide) groups is 1. The molecular formula is C20H19ClN4O2S2. The molecule has 0 radical (unpaired) electrons. The van der Waals surface area contributed by atoms with Crippen molar-refractivity contribution in [2.45, 2.75) is 12.5 Å². The Morgan fingerprint density at radius 1 is 1.17 bits per heavy atom. The van der Waals surface area contributed by atoms with Gasteiger partial charge in [-0.2, -0.15) is 11.8 Å². The van der Waals surface area contributed by atoms with Crippen molar-refractivity contribution < 1.29 is 9.59 Å². The first-order chi connectivity index (χ1) is 14.1. The first-order valence-corrected chi connectivity index (χ1v) is 11.5. The SMILES string of the molecule is CSCCC(NC(=O)c1ccccc1Cl)C(=O)Nc1nc(-c2ccccn2)cs1. The van der Waals surface area contributed by atoms with Gasteiger partial charge in [0.1, 0.15) is 11.7 Å². The molecule has 0 saturated heterocycles. The fourth-order valence-electron chi connectivity index (χ4n) is 2.54. The average molecular weight is 447 g/mol. The monoisotopic (exact) mass is 446 g/mol. The molecule has 0 aliphatic heterocycles. The van der Waals surface area contributed by atoms with Crippen molar-refractivity contribution in [1.29, 1.82) is 0 Å². The van der Waals surface area contributed by atoms with Crippen molar-refractivity contribution in [3.63, 3.8) is 0 Å². The summed E-state index contributed by atoms with van der Waals surface area (Å²) in [6.07, 6.45) is 4.13. The van der Waals surface area contributed by atoms with Crippen LogP contribution in [0.15, 0.2) is 54.0 Å². The van der Waals surface area contributed by atoms with E-state index in [0.717, 1.165) is 11.4 Å². The molecule has 2 aromatic heterocycles. The lowest BCUT2D eigenvalue weighted by atomic mass is 10.1. The van der Waals surface area contributed by atoms with Crippen LogP contribution in [0.2, 0.25) is 5.02 Å². The van der Waals surface area contributed by atoms with Crippen LogP contribution in [0.1, 0.15) is 16.8 Å². The first kappa shape index (κ1) is 21.3. The van der Waals surface area contributed by atoms with E-state index in [2.05, 4.69) is 20.6 Å². The fraction of sp³-hybridized carbons (Fsp3) is 0.200. The number of benzene rings is 1. The van der Waals surface area contributed by atoms with E-state index in [4.69, 9.17) is 11.6 Å². The fourth-order valence-corrected chi connectivity index (χ4v) is 3.94. The number of nitrogens with one attached hydrogen (secondary N) is 2. The number of carbonyl (C=O) groups excluding carboxylic acids is 2. The summed E-state index contributed by atoms with van der Waals surface area (Å²) in [5, 5.41) is 8.21. The zero-order chi connectivity index (χ0) is 20.6. The number of pyridine rings is 1. The van der Waals surface area contributed by atoms with Gasteiger partial charge in [0.15, 0.2) is 5.13 Å². The van der Waals surface area contributed by atoms with Gasteiger partial charge in [0.2, 0.25) is 5.91 Å². The molecule has 1 atom stereocenters. The van der Waals surface area contributed by atoms with E-state index in [1.54, 1.807) is 42.2 Å². The summed E-state index contributed by atoms with van der Waals surface area (Å²) in [7, 11) is 0. The number of rotatable bonds is 8. The van der Waals surface area contributed by atoms with Crippen LogP contribution in [0.25, 0.3) is 11.4 Å². The van der Waals surface area contributed by atoms with Crippen molar-refractivity contribution in [1.82, 2.24) is 15.3 Å². The lowest BCUT2D eigenvalue weighted by molar-refractivity contribution is -0.118. The third-order valence-corrected chi connectivity index (χ3v) is 5.74. The Morgan fingerprint density at radius 2 is 1.97 bits per heavy atom. The van der Waals surface area contributed by atoms with Gasteiger partial charge in [-0.3, -0.25) is 14.6 Å². The number of thiazole rings is 1. The summed E-state index contributed by atoms with van der Waals surface area (Å²) in [5.74, 6) is 0.0179. The Hall–Kier alpha value is -2.42. The molecule has 3 aromatic rings. The Labute approximate surface area is 182 Å². The second-order valence-electron chi connectivity index (χ2n) is 6.03. The Kier molecular flexibility index (Phi) is 7.62. The third-order valence-electron chi connectivity index (χ3n) is 4.01. The Balaban J connectivity index is 1.70. The molecule has 2 amide bonds. The van der Waals surface area contributed by atoms with E-state index < -0.39 is 6.04 Å². The molecule has 0 fully saturated rings. The topological polar surface area (TPSA) is 84.0 Å². The van der Waals surface area contributed by atoms with E-state index in [1.807, 2.05) is 29.8 Å². The summed E-state index contributed by atoms with van der Waals surface area (Å²) in [4.78, 5) is 34.1. The van der Waals surface area contributed by atoms with Gasteiger partial charge in [0.25, 0.3) is 5.91 Å². The van der Waals surface area contributed by atoms with Crippen molar-refractivity contribution in [2.24, 2.45) is 0 Å². The highest BCUT2D eigenvalue weighted by molar-refractivity contribution is 7.98. The van der Waals surface area contributed by atoms with Gasteiger partial charge in [-0.15, -0.1) is 11.3 Å². The van der Waals surface area contributed by atoms with Gasteiger partial charge in [0, 0.05) is 11.6 Å². The van der Waals surface area contributed by atoms with Crippen LogP contribution in [0.3, 0.4) is 0 Å². The predicted molar refractivity (Wildman–Crippen MR) is 120 cm³/mol. The van der Waals surface area contributed by atoms with Crippen LogP contribution in [0, 0.1) is 0 Å². The molecule has 6 nitrogen and oxygen atoms in total. The molecule has 1 unspecified atom stereocenters. The van der Waals surface area contributed by atoms with E-state index in [0.29, 0.717) is 27.8 Å². The molecule has 2 N–H and O–H groups in total. The van der Waals surface area contributed by atoms with Gasteiger partial charge < -0.3 is 10.6 Å². The van der Waals surface area contributed by atoms with Gasteiger partial charge in [-0.25, -0.2) is 4.98 Å². The molecule has 0 saturated carbocycles. The van der Waals surface area contributed by atoms with E-state index >= 15 is 0 Å². The van der Waals surface area contributed by atoms with Crippen LogP contribution in [-0.2, 0) is 4.79 Å². The largest absolute Gasteiger partial charge is 0.340 e. The molecule has 9 heteroatoms. The molecule has 150 valence electrons. The van der Waals surface area contributed by atoms with Crippen molar-refractivity contribution >= 4 is 51.6 Å². The van der Waals surface area contributed by atoms with E-state index in [-0.39, 0.29) is 11.8 Å². The maximum Gasteiger partial charge on any atom is 0.253 e. The molecule has 0 aliphatic rings. The quantitative estimate of drug-likeness (QED) is 0.537. The highest BCUT2D eigenvalue weighted by atomic mass is 35.5. The molecule has 3 rings (SSSR count). The standard InChI is InChI=1S/C20H19ClN4O2S2/c1-28-11-9-16(23-18(26)13-6-2-3-7-14(13)21)19(27)25-20-24-17(12-29-20)15-8-4-5-10-22-15/h2-8,10,12,16H,9,11H2,1H3,(H,23,26)(H,24,25,27). The first-order valence-electron chi connectivity index (χ1n) is 8.80. The van der Waals surface area contributed by atoms with E-state index in [9.17, 15) is 9.59 Å². The second-order valence-corrected chi connectivity index (χ2v) is 8.28. The number of amides is 2. The average Bonchev–Trinajstić information content (AvgIpc) is 3.20. The van der Waals surface area contributed by atoms with Crippen LogP contribution in [-0.4, -0.2) is 39.8 Å². The highest BCUT2D eigenvalue weighted by Gasteiger charge is 2.23. The smallest absolute Gasteiger partial charge is 0.253 e. The lowest BCUT2D eigenvalue weighted by Gasteiger charge is -2.17. The second kappa shape index (κ2) is 10.4. The number of nitrogens with zero attached hydrogens (tertiary/aromatic N) is 2. The molecule has 1 aromatic carbocycles. The Bertz CT molecular complexity index is 981. The van der Waals surface area contributed by atoms with Crippen molar-refractivity contribution in [3.8, 4) is 11.4 Å². The lowest BCUT2D eigenvalue weighted by Crippen LogP contribution is -2.44. The molecule has 29 heavy (non-hydrogen) atoms. The summed E-state index contributed by atoms with van der Waals surface area (Å²) in [5.41, 5.74) is 1.75. The number of aromatic nitrogens is 2.